The van der Waals surface area contributed by atoms with Gasteiger partial charge in [0.1, 0.15) is 18.4 Å². The number of hydrogen-bond donors (Lipinski definition) is 2. The molecule has 1 unspecified atom stereocenters. The van der Waals surface area contributed by atoms with Crippen molar-refractivity contribution in [1.29, 1.82) is 0 Å². The molecule has 1 fully saturated rings. The first-order valence-electron chi connectivity index (χ1n) is 7.43. The second-order valence-electron chi connectivity index (χ2n) is 5.69. The molecule has 0 aliphatic carbocycles. The van der Waals surface area contributed by atoms with E-state index in [0.29, 0.717) is 12.4 Å². The third kappa shape index (κ3) is 3.34. The zero-order valence-corrected chi connectivity index (χ0v) is 13.1. The highest BCUT2D eigenvalue weighted by molar-refractivity contribution is 6.04. The highest BCUT2D eigenvalue weighted by Crippen LogP contribution is 2.25. The van der Waals surface area contributed by atoms with Crippen LogP contribution in [0.15, 0.2) is 42.5 Å². The molecule has 23 heavy (non-hydrogen) atoms. The standard InChI is InChI=1S/C18H18N2O3/c1-11-3-6-13(7-4-11)10-23-14-8-5-12(2)15(9-14)16-17(21)20-18(22)19-16/h3-9,16H,10H2,1-2H3,(H2,19,20,21,22). The highest BCUT2D eigenvalue weighted by Gasteiger charge is 2.32. The fraction of sp³-hybridized carbons (Fsp3) is 0.222. The molecule has 2 aromatic carbocycles. The maximum atomic E-state index is 11.8. The number of ether oxygens (including phenoxy) is 1. The normalized spacial score (nSPS) is 16.9. The van der Waals surface area contributed by atoms with Gasteiger partial charge in [-0.15, -0.1) is 0 Å². The van der Waals surface area contributed by atoms with E-state index < -0.39 is 12.1 Å². The van der Waals surface area contributed by atoms with Gasteiger partial charge in [-0.05, 0) is 42.7 Å². The Morgan fingerprint density at radius 3 is 2.43 bits per heavy atom. The van der Waals surface area contributed by atoms with Crippen LogP contribution in [0.4, 0.5) is 4.79 Å². The zero-order valence-electron chi connectivity index (χ0n) is 13.1. The second kappa shape index (κ2) is 6.12. The fourth-order valence-electron chi connectivity index (χ4n) is 2.51. The number of rotatable bonds is 4. The van der Waals surface area contributed by atoms with Gasteiger partial charge in [-0.1, -0.05) is 35.9 Å². The lowest BCUT2D eigenvalue weighted by molar-refractivity contribution is -0.120. The molecule has 2 N–H and O–H groups in total. The summed E-state index contributed by atoms with van der Waals surface area (Å²) >= 11 is 0. The highest BCUT2D eigenvalue weighted by atomic mass is 16.5. The Bertz CT molecular complexity index is 753. The summed E-state index contributed by atoms with van der Waals surface area (Å²) in [5, 5.41) is 4.86. The third-order valence-electron chi connectivity index (χ3n) is 3.86. The average Bonchev–Trinajstić information content (AvgIpc) is 2.86. The molecular formula is C18H18N2O3. The SMILES string of the molecule is Cc1ccc(COc2ccc(C)c(C3NC(=O)NC3=O)c2)cc1. The molecule has 1 aliphatic heterocycles. The lowest BCUT2D eigenvalue weighted by atomic mass is 10.0. The monoisotopic (exact) mass is 310 g/mol. The van der Waals surface area contributed by atoms with Crippen LogP contribution < -0.4 is 15.4 Å². The molecule has 0 aromatic heterocycles. The third-order valence-corrected chi connectivity index (χ3v) is 3.86. The van der Waals surface area contributed by atoms with Gasteiger partial charge >= 0.3 is 6.03 Å². The first kappa shape index (κ1) is 15.1. The Morgan fingerprint density at radius 1 is 1.04 bits per heavy atom. The van der Waals surface area contributed by atoms with Crippen molar-refractivity contribution in [3.63, 3.8) is 0 Å². The van der Waals surface area contributed by atoms with Gasteiger partial charge in [0.25, 0.3) is 5.91 Å². The topological polar surface area (TPSA) is 67.4 Å². The quantitative estimate of drug-likeness (QED) is 0.853. The number of imide groups is 1. The lowest BCUT2D eigenvalue weighted by Crippen LogP contribution is -2.22. The summed E-state index contributed by atoms with van der Waals surface area (Å²) in [5.74, 6) is 0.328. The van der Waals surface area contributed by atoms with Gasteiger partial charge in [0.2, 0.25) is 0 Å². The van der Waals surface area contributed by atoms with E-state index in [1.54, 1.807) is 6.07 Å². The molecular weight excluding hydrogens is 292 g/mol. The number of nitrogens with one attached hydrogen (secondary N) is 2. The number of hydrogen-bond acceptors (Lipinski definition) is 3. The van der Waals surface area contributed by atoms with Crippen LogP contribution in [0, 0.1) is 13.8 Å². The van der Waals surface area contributed by atoms with Crippen LogP contribution in [0.5, 0.6) is 5.75 Å². The summed E-state index contributed by atoms with van der Waals surface area (Å²) in [6, 6.07) is 12.5. The molecule has 5 heteroatoms. The fourth-order valence-corrected chi connectivity index (χ4v) is 2.51. The molecule has 5 nitrogen and oxygen atoms in total. The molecule has 118 valence electrons. The molecule has 0 bridgehead atoms. The number of amides is 3. The minimum absolute atomic E-state index is 0.339. The Hall–Kier alpha value is -2.82. The molecule has 3 rings (SSSR count). The van der Waals surface area contributed by atoms with E-state index in [0.717, 1.165) is 16.7 Å². The number of carbonyl (C=O) groups is 2. The van der Waals surface area contributed by atoms with Gasteiger partial charge < -0.3 is 10.1 Å². The molecule has 2 aromatic rings. The Balaban J connectivity index is 1.76. The molecule has 1 atom stereocenters. The van der Waals surface area contributed by atoms with Crippen molar-refractivity contribution in [2.24, 2.45) is 0 Å². The first-order valence-corrected chi connectivity index (χ1v) is 7.43. The molecule has 0 radical (unpaired) electrons. The van der Waals surface area contributed by atoms with E-state index in [1.165, 1.54) is 5.56 Å². The van der Waals surface area contributed by atoms with Gasteiger partial charge in [-0.3, -0.25) is 10.1 Å². The van der Waals surface area contributed by atoms with Gasteiger partial charge in [-0.2, -0.15) is 0 Å². The maximum Gasteiger partial charge on any atom is 0.322 e. The lowest BCUT2D eigenvalue weighted by Gasteiger charge is -2.14. The van der Waals surface area contributed by atoms with Crippen molar-refractivity contribution in [3.8, 4) is 5.75 Å². The van der Waals surface area contributed by atoms with Crippen molar-refractivity contribution in [3.05, 3.63) is 64.7 Å². The largest absolute Gasteiger partial charge is 0.489 e. The minimum atomic E-state index is -0.662. The van der Waals surface area contributed by atoms with Crippen molar-refractivity contribution >= 4 is 11.9 Å². The zero-order chi connectivity index (χ0) is 16.4. The number of urea groups is 1. The molecule has 0 saturated carbocycles. The molecule has 1 saturated heterocycles. The van der Waals surface area contributed by atoms with Crippen LogP contribution in [0.25, 0.3) is 0 Å². The average molecular weight is 310 g/mol. The van der Waals surface area contributed by atoms with Gasteiger partial charge in [0, 0.05) is 0 Å². The predicted octanol–water partition coefficient (Wildman–Crippen LogP) is 2.76. The van der Waals surface area contributed by atoms with Crippen LogP contribution in [-0.2, 0) is 11.4 Å². The summed E-state index contributed by atoms with van der Waals surface area (Å²) in [5.41, 5.74) is 3.95. The van der Waals surface area contributed by atoms with E-state index in [1.807, 2.05) is 50.2 Å². The minimum Gasteiger partial charge on any atom is -0.489 e. The summed E-state index contributed by atoms with van der Waals surface area (Å²) in [7, 11) is 0. The van der Waals surface area contributed by atoms with Crippen LogP contribution in [-0.4, -0.2) is 11.9 Å². The van der Waals surface area contributed by atoms with Gasteiger partial charge in [0.05, 0.1) is 0 Å². The van der Waals surface area contributed by atoms with Crippen LogP contribution in [0.2, 0.25) is 0 Å². The maximum absolute atomic E-state index is 11.8. The molecule has 1 heterocycles. The van der Waals surface area contributed by atoms with E-state index in [4.69, 9.17) is 4.74 Å². The summed E-state index contributed by atoms with van der Waals surface area (Å²) < 4.78 is 5.80. The Labute approximate surface area is 134 Å². The Kier molecular flexibility index (Phi) is 4.02. The summed E-state index contributed by atoms with van der Waals surface area (Å²) in [6.45, 7) is 4.39. The first-order chi connectivity index (χ1) is 11.0. The van der Waals surface area contributed by atoms with Crippen molar-refractivity contribution in [1.82, 2.24) is 10.6 Å². The van der Waals surface area contributed by atoms with E-state index >= 15 is 0 Å². The van der Waals surface area contributed by atoms with E-state index in [-0.39, 0.29) is 5.91 Å². The van der Waals surface area contributed by atoms with Crippen LogP contribution in [0.3, 0.4) is 0 Å². The second-order valence-corrected chi connectivity index (χ2v) is 5.69. The predicted molar refractivity (Wildman–Crippen MR) is 86.1 cm³/mol. The van der Waals surface area contributed by atoms with Gasteiger partial charge in [-0.25, -0.2) is 4.79 Å². The van der Waals surface area contributed by atoms with Gasteiger partial charge in [0.15, 0.2) is 0 Å². The van der Waals surface area contributed by atoms with E-state index in [9.17, 15) is 9.59 Å². The van der Waals surface area contributed by atoms with Crippen LogP contribution >= 0.6 is 0 Å². The van der Waals surface area contributed by atoms with E-state index in [2.05, 4.69) is 10.6 Å². The summed E-state index contributed by atoms with van der Waals surface area (Å²) in [4.78, 5) is 23.1. The molecule has 3 amide bonds. The van der Waals surface area contributed by atoms with Crippen LogP contribution in [0.1, 0.15) is 28.3 Å². The molecule has 0 spiro atoms. The number of carbonyl (C=O) groups excluding carboxylic acids is 2. The Morgan fingerprint density at radius 2 is 1.78 bits per heavy atom. The van der Waals surface area contributed by atoms with Crippen molar-refractivity contribution < 1.29 is 14.3 Å². The molecule has 1 aliphatic rings. The number of benzene rings is 2. The van der Waals surface area contributed by atoms with Crippen molar-refractivity contribution in [2.45, 2.75) is 26.5 Å². The van der Waals surface area contributed by atoms with Crippen molar-refractivity contribution in [2.75, 3.05) is 0 Å². The smallest absolute Gasteiger partial charge is 0.322 e. The number of aryl methyl sites for hydroxylation is 2. The summed E-state index contributed by atoms with van der Waals surface area (Å²) in [6.07, 6.45) is 0.